The number of rotatable bonds is 4. The number of aromatic nitrogens is 2. The Morgan fingerprint density at radius 2 is 2.26 bits per heavy atom. The van der Waals surface area contributed by atoms with Crippen LogP contribution in [0.3, 0.4) is 0 Å². The molecule has 0 spiro atoms. The third-order valence-corrected chi connectivity index (χ3v) is 3.69. The van der Waals surface area contributed by atoms with Gasteiger partial charge in [0.15, 0.2) is 5.58 Å². The number of carbonyl (C=O) groups is 1. The maximum Gasteiger partial charge on any atom is 0.258 e. The number of fused-ring (bicyclic) bond motifs is 1. The maximum absolute atomic E-state index is 12.6. The molecule has 0 aromatic carbocycles. The number of carbonyl (C=O) groups excluding carboxylic acids is 1. The normalized spacial score (nSPS) is 10.7. The number of anilines is 1. The number of furan rings is 1. The maximum atomic E-state index is 12.6. The van der Waals surface area contributed by atoms with Gasteiger partial charge in [-0.25, -0.2) is 4.98 Å². The molecule has 0 saturated carbocycles. The number of hydrogen-bond acceptors (Lipinski definition) is 5. The molecule has 0 atom stereocenters. The van der Waals surface area contributed by atoms with Gasteiger partial charge in [-0.2, -0.15) is 0 Å². The quantitative estimate of drug-likeness (QED) is 0.788. The first-order chi connectivity index (χ1) is 11.1. The van der Waals surface area contributed by atoms with Crippen molar-refractivity contribution in [3.8, 4) is 5.88 Å². The molecule has 0 aliphatic rings. The van der Waals surface area contributed by atoms with Crippen molar-refractivity contribution in [1.82, 2.24) is 9.97 Å². The summed E-state index contributed by atoms with van der Waals surface area (Å²) in [5.74, 6) is 0.766. The molecule has 7 heteroatoms. The van der Waals surface area contributed by atoms with Gasteiger partial charge in [0.05, 0.1) is 23.4 Å². The molecule has 0 saturated heterocycles. The van der Waals surface area contributed by atoms with Crippen LogP contribution < -0.4 is 10.1 Å². The molecular weight excluding hydrogens is 318 g/mol. The largest absolute Gasteiger partial charge is 0.478 e. The minimum Gasteiger partial charge on any atom is -0.478 e. The van der Waals surface area contributed by atoms with Crippen molar-refractivity contribution >= 4 is 34.2 Å². The van der Waals surface area contributed by atoms with Crippen LogP contribution in [0, 0.1) is 0 Å². The summed E-state index contributed by atoms with van der Waals surface area (Å²) in [5, 5.41) is 3.76. The van der Waals surface area contributed by atoms with Gasteiger partial charge in [0.25, 0.3) is 11.8 Å². The molecule has 3 aromatic heterocycles. The van der Waals surface area contributed by atoms with E-state index in [0.717, 1.165) is 5.76 Å². The summed E-state index contributed by atoms with van der Waals surface area (Å²) in [5.41, 5.74) is 1.32. The Morgan fingerprint density at radius 3 is 2.96 bits per heavy atom. The summed E-state index contributed by atoms with van der Waals surface area (Å²) in [6.07, 6.45) is 5.18. The average Bonchev–Trinajstić information content (AvgIpc) is 3.00. The fourth-order valence-corrected chi connectivity index (χ4v) is 2.39. The minimum atomic E-state index is -0.332. The van der Waals surface area contributed by atoms with Gasteiger partial charge < -0.3 is 14.5 Å². The van der Waals surface area contributed by atoms with Gasteiger partial charge in [-0.1, -0.05) is 18.5 Å². The summed E-state index contributed by atoms with van der Waals surface area (Å²) in [4.78, 5) is 20.6. The van der Waals surface area contributed by atoms with Gasteiger partial charge in [-0.15, -0.1) is 0 Å². The van der Waals surface area contributed by atoms with E-state index in [9.17, 15) is 4.79 Å². The van der Waals surface area contributed by atoms with E-state index in [4.69, 9.17) is 20.8 Å². The molecular formula is C16H14ClN3O3. The standard InChI is InChI=1S/C16H14ClN3O3/c1-3-9-6-10-11(7-19-16(22-2)14(10)23-9)15(21)20-13-4-5-18-8-12(13)17/h4-8H,3H2,1-2H3,(H,18,20,21). The Labute approximate surface area is 137 Å². The number of hydrogen-bond donors (Lipinski definition) is 1. The van der Waals surface area contributed by atoms with E-state index in [-0.39, 0.29) is 5.91 Å². The average molecular weight is 332 g/mol. The molecule has 3 heterocycles. The zero-order chi connectivity index (χ0) is 16.4. The van der Waals surface area contributed by atoms with Crippen LogP contribution in [0.25, 0.3) is 11.0 Å². The lowest BCUT2D eigenvalue weighted by atomic mass is 10.1. The molecule has 0 fully saturated rings. The van der Waals surface area contributed by atoms with Gasteiger partial charge in [0.2, 0.25) is 0 Å². The zero-order valence-corrected chi connectivity index (χ0v) is 13.3. The van der Waals surface area contributed by atoms with Crippen molar-refractivity contribution in [3.05, 3.63) is 47.1 Å². The monoisotopic (exact) mass is 331 g/mol. The molecule has 3 aromatic rings. The van der Waals surface area contributed by atoms with E-state index in [2.05, 4.69) is 15.3 Å². The number of methoxy groups -OCH3 is 1. The summed E-state index contributed by atoms with van der Waals surface area (Å²) in [7, 11) is 1.51. The first-order valence-corrected chi connectivity index (χ1v) is 7.38. The van der Waals surface area contributed by atoms with Crippen LogP contribution in [0.4, 0.5) is 5.69 Å². The van der Waals surface area contributed by atoms with Crippen molar-refractivity contribution < 1.29 is 13.9 Å². The molecule has 1 N–H and O–H groups in total. The highest BCUT2D eigenvalue weighted by molar-refractivity contribution is 6.33. The SMILES string of the molecule is CCc1cc2c(C(=O)Nc3ccncc3Cl)cnc(OC)c2o1. The summed E-state index contributed by atoms with van der Waals surface area (Å²) in [6.45, 7) is 1.97. The van der Waals surface area contributed by atoms with Gasteiger partial charge in [-0.3, -0.25) is 9.78 Å². The molecule has 0 unspecified atom stereocenters. The number of halogens is 1. The number of ether oxygens (including phenoxy) is 1. The van der Waals surface area contributed by atoms with E-state index < -0.39 is 0 Å². The van der Waals surface area contributed by atoms with E-state index >= 15 is 0 Å². The lowest BCUT2D eigenvalue weighted by Gasteiger charge is -2.08. The molecule has 0 radical (unpaired) electrons. The van der Waals surface area contributed by atoms with Crippen LogP contribution in [-0.4, -0.2) is 23.0 Å². The van der Waals surface area contributed by atoms with Crippen LogP contribution in [0.15, 0.2) is 35.1 Å². The predicted molar refractivity (Wildman–Crippen MR) is 87.1 cm³/mol. The van der Waals surface area contributed by atoms with E-state index in [1.807, 2.05) is 13.0 Å². The second-order valence-corrected chi connectivity index (χ2v) is 5.21. The Hall–Kier alpha value is -2.60. The Balaban J connectivity index is 2.04. The highest BCUT2D eigenvalue weighted by Crippen LogP contribution is 2.30. The van der Waals surface area contributed by atoms with Crippen molar-refractivity contribution in [3.63, 3.8) is 0 Å². The lowest BCUT2D eigenvalue weighted by Crippen LogP contribution is -2.13. The summed E-state index contributed by atoms with van der Waals surface area (Å²) < 4.78 is 10.9. The molecule has 0 bridgehead atoms. The van der Waals surface area contributed by atoms with Gasteiger partial charge in [0.1, 0.15) is 5.76 Å². The van der Waals surface area contributed by atoms with Crippen LogP contribution in [0.1, 0.15) is 23.0 Å². The van der Waals surface area contributed by atoms with Crippen LogP contribution in [0.2, 0.25) is 5.02 Å². The minimum absolute atomic E-state index is 0.332. The topological polar surface area (TPSA) is 77.2 Å². The molecule has 23 heavy (non-hydrogen) atoms. The molecule has 0 aliphatic heterocycles. The van der Waals surface area contributed by atoms with Crippen LogP contribution >= 0.6 is 11.6 Å². The second kappa shape index (κ2) is 6.26. The Kier molecular flexibility index (Phi) is 4.16. The third-order valence-electron chi connectivity index (χ3n) is 3.39. The number of nitrogens with one attached hydrogen (secondary N) is 1. The highest BCUT2D eigenvalue weighted by Gasteiger charge is 2.19. The van der Waals surface area contributed by atoms with E-state index in [0.29, 0.717) is 39.5 Å². The first-order valence-electron chi connectivity index (χ1n) is 7.00. The van der Waals surface area contributed by atoms with E-state index in [1.54, 1.807) is 12.3 Å². The number of aryl methyl sites for hydroxylation is 1. The smallest absolute Gasteiger partial charge is 0.258 e. The molecule has 6 nitrogen and oxygen atoms in total. The summed E-state index contributed by atoms with van der Waals surface area (Å²) >= 11 is 6.02. The van der Waals surface area contributed by atoms with Crippen molar-refractivity contribution in [2.75, 3.05) is 12.4 Å². The van der Waals surface area contributed by atoms with E-state index in [1.165, 1.54) is 19.5 Å². The van der Waals surface area contributed by atoms with Crippen molar-refractivity contribution in [2.45, 2.75) is 13.3 Å². The second-order valence-electron chi connectivity index (χ2n) is 4.80. The third kappa shape index (κ3) is 2.85. The fourth-order valence-electron chi connectivity index (χ4n) is 2.22. The summed E-state index contributed by atoms with van der Waals surface area (Å²) in [6, 6.07) is 3.45. The number of pyridine rings is 2. The van der Waals surface area contributed by atoms with Crippen LogP contribution in [-0.2, 0) is 6.42 Å². The first kappa shape index (κ1) is 15.3. The number of amides is 1. The Morgan fingerprint density at radius 1 is 1.43 bits per heavy atom. The van der Waals surface area contributed by atoms with Gasteiger partial charge in [-0.05, 0) is 12.1 Å². The lowest BCUT2D eigenvalue weighted by molar-refractivity contribution is 0.102. The van der Waals surface area contributed by atoms with Gasteiger partial charge >= 0.3 is 0 Å². The Bertz CT molecular complexity index is 876. The molecule has 118 valence electrons. The van der Waals surface area contributed by atoms with Gasteiger partial charge in [0, 0.05) is 30.4 Å². The number of nitrogens with zero attached hydrogens (tertiary/aromatic N) is 2. The molecule has 0 aliphatic carbocycles. The van der Waals surface area contributed by atoms with Crippen molar-refractivity contribution in [1.29, 1.82) is 0 Å². The predicted octanol–water partition coefficient (Wildman–Crippen LogP) is 3.70. The molecule has 1 amide bonds. The van der Waals surface area contributed by atoms with Crippen molar-refractivity contribution in [2.24, 2.45) is 0 Å². The fraction of sp³-hybridized carbons (Fsp3) is 0.188. The molecule has 3 rings (SSSR count). The zero-order valence-electron chi connectivity index (χ0n) is 12.6. The highest BCUT2D eigenvalue weighted by atomic mass is 35.5. The van der Waals surface area contributed by atoms with Crippen LogP contribution in [0.5, 0.6) is 5.88 Å².